The van der Waals surface area contributed by atoms with Crippen LogP contribution < -0.4 is 0 Å². The van der Waals surface area contributed by atoms with E-state index in [0.29, 0.717) is 0 Å². The van der Waals surface area contributed by atoms with Crippen LogP contribution in [-0.4, -0.2) is 35.7 Å². The Morgan fingerprint density at radius 1 is 1.35 bits per heavy atom. The van der Waals surface area contributed by atoms with E-state index in [9.17, 15) is 14.9 Å². The minimum absolute atomic E-state index is 0.0234. The molecule has 0 amide bonds. The predicted octanol–water partition coefficient (Wildman–Crippen LogP) is 1.19. The second-order valence-electron chi connectivity index (χ2n) is 4.16. The van der Waals surface area contributed by atoms with Gasteiger partial charge in [0.05, 0.1) is 16.2 Å². The molecule has 20 heavy (non-hydrogen) atoms. The van der Waals surface area contributed by atoms with Crippen LogP contribution >= 0.6 is 0 Å². The molecular weight excluding hydrogens is 266 g/mol. The molecule has 0 atom stereocenters. The van der Waals surface area contributed by atoms with Gasteiger partial charge in [0.1, 0.15) is 11.4 Å². The summed E-state index contributed by atoms with van der Waals surface area (Å²) in [6.07, 6.45) is 1.16. The maximum Gasteiger partial charge on any atom is 0.339 e. The van der Waals surface area contributed by atoms with Crippen LogP contribution in [0.25, 0.3) is 5.95 Å². The number of aryl methyl sites for hydroxylation is 2. The van der Waals surface area contributed by atoms with Gasteiger partial charge in [0.25, 0.3) is 5.95 Å². The lowest BCUT2D eigenvalue weighted by Gasteiger charge is -2.04. The number of rotatable bonds is 3. The second kappa shape index (κ2) is 4.68. The fourth-order valence-electron chi connectivity index (χ4n) is 1.86. The molecule has 0 saturated heterocycles. The molecule has 0 aliphatic rings. The third-order valence-corrected chi connectivity index (χ3v) is 2.82. The molecule has 2 aromatic heterocycles. The van der Waals surface area contributed by atoms with Crippen LogP contribution in [0.1, 0.15) is 27.4 Å². The summed E-state index contributed by atoms with van der Waals surface area (Å²) in [5, 5.41) is 23.9. The van der Waals surface area contributed by atoms with Gasteiger partial charge in [-0.1, -0.05) is 0 Å². The molecule has 2 heterocycles. The van der Waals surface area contributed by atoms with E-state index in [4.69, 9.17) is 5.11 Å². The zero-order valence-corrected chi connectivity index (χ0v) is 11.0. The Balaban J connectivity index is 2.58. The number of aromatic nitrogens is 4. The molecular formula is C11H11N5O4. The summed E-state index contributed by atoms with van der Waals surface area (Å²) in [5.74, 6) is -1.03. The standard InChI is InChI=1S/C11H11N5O4/c1-5-8(10(17)18)4-12-11(13-5)15-7(3)9(16(19)20)6(2)14-15/h4H,1-3H3,(H,17,18). The van der Waals surface area contributed by atoms with E-state index in [1.165, 1.54) is 25.5 Å². The Morgan fingerprint density at radius 2 is 2.00 bits per heavy atom. The first kappa shape index (κ1) is 13.6. The second-order valence-corrected chi connectivity index (χ2v) is 4.16. The fourth-order valence-corrected chi connectivity index (χ4v) is 1.86. The van der Waals surface area contributed by atoms with Gasteiger partial charge < -0.3 is 5.11 Å². The summed E-state index contributed by atoms with van der Waals surface area (Å²) in [7, 11) is 0. The van der Waals surface area contributed by atoms with E-state index in [0.717, 1.165) is 6.20 Å². The number of aromatic carboxylic acids is 1. The molecule has 9 heteroatoms. The lowest BCUT2D eigenvalue weighted by molar-refractivity contribution is -0.386. The van der Waals surface area contributed by atoms with E-state index in [1.807, 2.05) is 0 Å². The zero-order valence-electron chi connectivity index (χ0n) is 11.0. The highest BCUT2D eigenvalue weighted by molar-refractivity contribution is 5.88. The predicted molar refractivity (Wildman–Crippen MR) is 67.0 cm³/mol. The van der Waals surface area contributed by atoms with E-state index >= 15 is 0 Å². The van der Waals surface area contributed by atoms with Crippen molar-refractivity contribution >= 4 is 11.7 Å². The smallest absolute Gasteiger partial charge is 0.339 e. The molecule has 1 N–H and O–H groups in total. The van der Waals surface area contributed by atoms with Crippen molar-refractivity contribution in [3.8, 4) is 5.95 Å². The monoisotopic (exact) mass is 277 g/mol. The molecule has 9 nitrogen and oxygen atoms in total. The summed E-state index contributed by atoms with van der Waals surface area (Å²) in [6.45, 7) is 4.57. The highest BCUT2D eigenvalue weighted by atomic mass is 16.6. The third-order valence-electron chi connectivity index (χ3n) is 2.82. The maximum atomic E-state index is 10.9. The quantitative estimate of drug-likeness (QED) is 0.659. The van der Waals surface area contributed by atoms with Gasteiger partial charge in [0.15, 0.2) is 0 Å². The van der Waals surface area contributed by atoms with Crippen molar-refractivity contribution in [3.63, 3.8) is 0 Å². The van der Waals surface area contributed by atoms with Crippen LogP contribution in [0.4, 0.5) is 5.69 Å². The van der Waals surface area contributed by atoms with Gasteiger partial charge in [-0.25, -0.2) is 14.8 Å². The van der Waals surface area contributed by atoms with Crippen molar-refractivity contribution in [2.45, 2.75) is 20.8 Å². The molecule has 0 bridgehead atoms. The Labute approximate surface area is 113 Å². The summed E-state index contributed by atoms with van der Waals surface area (Å²) < 4.78 is 1.23. The highest BCUT2D eigenvalue weighted by Crippen LogP contribution is 2.23. The number of carbonyl (C=O) groups is 1. The van der Waals surface area contributed by atoms with E-state index in [1.54, 1.807) is 0 Å². The first-order valence-electron chi connectivity index (χ1n) is 5.61. The minimum Gasteiger partial charge on any atom is -0.478 e. The highest BCUT2D eigenvalue weighted by Gasteiger charge is 2.24. The minimum atomic E-state index is -1.13. The van der Waals surface area contributed by atoms with Crippen LogP contribution in [0.5, 0.6) is 0 Å². The van der Waals surface area contributed by atoms with Crippen molar-refractivity contribution in [2.24, 2.45) is 0 Å². The molecule has 0 unspecified atom stereocenters. The molecule has 0 saturated carbocycles. The Bertz CT molecular complexity index is 722. The molecule has 2 aromatic rings. The molecule has 104 valence electrons. The fraction of sp³-hybridized carbons (Fsp3) is 0.273. The lowest BCUT2D eigenvalue weighted by atomic mass is 10.2. The molecule has 0 aromatic carbocycles. The number of hydrogen-bond acceptors (Lipinski definition) is 6. The Kier molecular flexibility index (Phi) is 3.18. The van der Waals surface area contributed by atoms with Crippen LogP contribution in [0, 0.1) is 30.9 Å². The summed E-state index contributed by atoms with van der Waals surface area (Å²) in [4.78, 5) is 29.2. The van der Waals surface area contributed by atoms with Crippen LogP contribution in [0.3, 0.4) is 0 Å². The van der Waals surface area contributed by atoms with Crippen molar-refractivity contribution in [2.75, 3.05) is 0 Å². The van der Waals surface area contributed by atoms with Crippen LogP contribution in [0.15, 0.2) is 6.20 Å². The number of hydrogen-bond donors (Lipinski definition) is 1. The average molecular weight is 277 g/mol. The molecule has 0 spiro atoms. The number of carboxylic acid groups (broad SMARTS) is 1. The number of nitrogens with zero attached hydrogens (tertiary/aromatic N) is 5. The van der Waals surface area contributed by atoms with Crippen molar-refractivity contribution in [1.29, 1.82) is 0 Å². The van der Waals surface area contributed by atoms with Gasteiger partial charge in [-0.3, -0.25) is 10.1 Å². The zero-order chi connectivity index (χ0) is 15.0. The van der Waals surface area contributed by atoms with Gasteiger partial charge in [-0.15, -0.1) is 0 Å². The third kappa shape index (κ3) is 2.09. The summed E-state index contributed by atoms with van der Waals surface area (Å²) in [5.41, 5.74) is 0.669. The Hall–Kier alpha value is -2.84. The van der Waals surface area contributed by atoms with Gasteiger partial charge in [-0.2, -0.15) is 9.78 Å². The van der Waals surface area contributed by atoms with Gasteiger partial charge in [-0.05, 0) is 20.8 Å². The first-order chi connectivity index (χ1) is 9.32. The summed E-state index contributed by atoms with van der Waals surface area (Å²) >= 11 is 0. The maximum absolute atomic E-state index is 10.9. The SMILES string of the molecule is Cc1nc(-n2nc(C)c([N+](=O)[O-])c2C)ncc1C(=O)O. The molecule has 0 aliphatic carbocycles. The molecule has 0 aliphatic heterocycles. The van der Waals surface area contributed by atoms with Crippen molar-refractivity contribution < 1.29 is 14.8 Å². The number of nitro groups is 1. The van der Waals surface area contributed by atoms with Gasteiger partial charge in [0, 0.05) is 6.20 Å². The van der Waals surface area contributed by atoms with Gasteiger partial charge >= 0.3 is 11.7 Å². The van der Waals surface area contributed by atoms with Crippen LogP contribution in [-0.2, 0) is 0 Å². The van der Waals surface area contributed by atoms with Crippen molar-refractivity contribution in [3.05, 3.63) is 39.0 Å². The molecule has 0 fully saturated rings. The first-order valence-corrected chi connectivity index (χ1v) is 5.61. The average Bonchev–Trinajstić information content (AvgIpc) is 2.64. The van der Waals surface area contributed by atoms with E-state index in [2.05, 4.69) is 15.1 Å². The lowest BCUT2D eigenvalue weighted by Crippen LogP contribution is -2.10. The topological polar surface area (TPSA) is 124 Å². The Morgan fingerprint density at radius 3 is 2.45 bits per heavy atom. The molecule has 2 rings (SSSR count). The largest absolute Gasteiger partial charge is 0.478 e. The summed E-state index contributed by atoms with van der Waals surface area (Å²) in [6, 6.07) is 0. The van der Waals surface area contributed by atoms with E-state index in [-0.39, 0.29) is 34.3 Å². The van der Waals surface area contributed by atoms with Crippen LogP contribution in [0.2, 0.25) is 0 Å². The van der Waals surface area contributed by atoms with E-state index < -0.39 is 10.9 Å². The van der Waals surface area contributed by atoms with Crippen molar-refractivity contribution in [1.82, 2.24) is 19.7 Å². The number of carboxylic acids is 1. The normalized spacial score (nSPS) is 10.6. The van der Waals surface area contributed by atoms with Gasteiger partial charge in [0.2, 0.25) is 0 Å². The molecule has 0 radical (unpaired) electrons.